The van der Waals surface area contributed by atoms with Crippen LogP contribution in [-0.4, -0.2) is 12.6 Å². The number of benzene rings is 1. The Hall–Kier alpha value is -0.240. The summed E-state index contributed by atoms with van der Waals surface area (Å²) in [6.45, 7) is 5.38. The quantitative estimate of drug-likeness (QED) is 0.781. The van der Waals surface area contributed by atoms with E-state index in [1.54, 1.807) is 0 Å². The Balaban J connectivity index is 2.19. The normalized spacial score (nSPS) is 18.2. The summed E-state index contributed by atoms with van der Waals surface area (Å²) in [5, 5.41) is 5.10. The van der Waals surface area contributed by atoms with Gasteiger partial charge in [0, 0.05) is 28.5 Å². The molecule has 1 atom stereocenters. The molecule has 1 aliphatic carbocycles. The van der Waals surface area contributed by atoms with Crippen LogP contribution in [0.3, 0.4) is 0 Å². The van der Waals surface area contributed by atoms with Crippen molar-refractivity contribution in [2.24, 2.45) is 5.92 Å². The molecule has 19 heavy (non-hydrogen) atoms. The summed E-state index contributed by atoms with van der Waals surface area (Å²) in [5.74, 6) is 1.26. The van der Waals surface area contributed by atoms with Gasteiger partial charge in [-0.1, -0.05) is 56.0 Å². The van der Waals surface area contributed by atoms with Crippen LogP contribution in [0.25, 0.3) is 0 Å². The highest BCUT2D eigenvalue weighted by atomic mass is 35.5. The number of halogens is 2. The summed E-state index contributed by atoms with van der Waals surface area (Å²) >= 11 is 12.4. The van der Waals surface area contributed by atoms with E-state index in [-0.39, 0.29) is 0 Å². The predicted molar refractivity (Wildman–Crippen MR) is 84.3 cm³/mol. The van der Waals surface area contributed by atoms with Crippen LogP contribution in [0.5, 0.6) is 0 Å². The molecule has 0 spiro atoms. The van der Waals surface area contributed by atoms with Crippen molar-refractivity contribution >= 4 is 23.2 Å². The Morgan fingerprint density at radius 3 is 2.47 bits per heavy atom. The van der Waals surface area contributed by atoms with Gasteiger partial charge in [-0.2, -0.15) is 0 Å². The molecule has 0 heterocycles. The third-order valence-corrected chi connectivity index (χ3v) is 4.64. The Kier molecular flexibility index (Phi) is 5.56. The van der Waals surface area contributed by atoms with Crippen molar-refractivity contribution in [2.45, 2.75) is 51.5 Å². The van der Waals surface area contributed by atoms with E-state index in [2.05, 4.69) is 25.2 Å². The topological polar surface area (TPSA) is 12.0 Å². The Morgan fingerprint density at radius 1 is 1.21 bits per heavy atom. The third kappa shape index (κ3) is 4.11. The fourth-order valence-electron chi connectivity index (χ4n) is 3.06. The molecular weight excluding hydrogens is 277 g/mol. The number of hydrogen-bond donors (Lipinski definition) is 1. The predicted octanol–water partition coefficient (Wildman–Crippen LogP) is 5.27. The monoisotopic (exact) mass is 299 g/mol. The average molecular weight is 300 g/mol. The fourth-order valence-corrected chi connectivity index (χ4v) is 3.60. The summed E-state index contributed by atoms with van der Waals surface area (Å²) in [5.41, 5.74) is 1.26. The van der Waals surface area contributed by atoms with Crippen LogP contribution in [0, 0.1) is 5.92 Å². The van der Waals surface area contributed by atoms with E-state index >= 15 is 0 Å². The molecule has 0 aliphatic heterocycles. The van der Waals surface area contributed by atoms with E-state index in [1.807, 2.05) is 12.1 Å². The molecule has 0 aromatic heterocycles. The molecule has 1 aromatic rings. The average Bonchev–Trinajstić information content (AvgIpc) is 2.85. The lowest BCUT2D eigenvalue weighted by atomic mass is 9.84. The largest absolute Gasteiger partial charge is 0.314 e. The lowest BCUT2D eigenvalue weighted by molar-refractivity contribution is 0.398. The lowest BCUT2D eigenvalue weighted by Gasteiger charge is -2.26. The van der Waals surface area contributed by atoms with Crippen LogP contribution in [0.15, 0.2) is 18.2 Å². The van der Waals surface area contributed by atoms with Crippen LogP contribution in [-0.2, 0) is 0 Å². The summed E-state index contributed by atoms with van der Waals surface area (Å²) in [4.78, 5) is 0. The van der Waals surface area contributed by atoms with Crippen molar-refractivity contribution in [1.82, 2.24) is 5.32 Å². The zero-order chi connectivity index (χ0) is 13.8. The van der Waals surface area contributed by atoms with Crippen LogP contribution < -0.4 is 5.32 Å². The zero-order valence-electron chi connectivity index (χ0n) is 11.8. The van der Waals surface area contributed by atoms with E-state index < -0.39 is 0 Å². The molecule has 0 amide bonds. The minimum absolute atomic E-state index is 0.509. The highest BCUT2D eigenvalue weighted by Crippen LogP contribution is 2.40. The van der Waals surface area contributed by atoms with Crippen molar-refractivity contribution in [3.05, 3.63) is 33.8 Å². The maximum Gasteiger partial charge on any atom is 0.0456 e. The second-order valence-electron chi connectivity index (χ2n) is 5.88. The minimum Gasteiger partial charge on any atom is -0.314 e. The number of hydrogen-bond acceptors (Lipinski definition) is 1. The van der Waals surface area contributed by atoms with E-state index in [4.69, 9.17) is 23.2 Å². The van der Waals surface area contributed by atoms with Gasteiger partial charge < -0.3 is 5.32 Å². The highest BCUT2D eigenvalue weighted by molar-refractivity contribution is 6.35. The zero-order valence-corrected chi connectivity index (χ0v) is 13.3. The second kappa shape index (κ2) is 6.97. The standard InChI is InChI=1S/C16H23Cl2N/c1-11(2)19-10-15(12-5-3-4-6-12)14-8-7-13(17)9-16(14)18/h7-9,11-12,15,19H,3-6,10H2,1-2H3. The van der Waals surface area contributed by atoms with Gasteiger partial charge in [0.2, 0.25) is 0 Å². The van der Waals surface area contributed by atoms with E-state index in [0.29, 0.717) is 12.0 Å². The summed E-state index contributed by atoms with van der Waals surface area (Å²) in [7, 11) is 0. The van der Waals surface area contributed by atoms with Gasteiger partial charge in [0.15, 0.2) is 0 Å². The molecule has 106 valence electrons. The molecule has 0 bridgehead atoms. The molecule has 1 saturated carbocycles. The first-order valence-corrected chi connectivity index (χ1v) is 8.02. The molecule has 0 radical (unpaired) electrons. The first kappa shape index (κ1) is 15.2. The molecular formula is C16H23Cl2N. The van der Waals surface area contributed by atoms with Gasteiger partial charge in [0.05, 0.1) is 0 Å². The molecule has 1 aromatic carbocycles. The Labute approximate surface area is 126 Å². The van der Waals surface area contributed by atoms with Gasteiger partial charge in [-0.15, -0.1) is 0 Å². The first-order valence-electron chi connectivity index (χ1n) is 7.26. The molecule has 1 nitrogen and oxygen atoms in total. The Bertz CT molecular complexity index is 411. The van der Waals surface area contributed by atoms with Gasteiger partial charge in [-0.25, -0.2) is 0 Å². The lowest BCUT2D eigenvalue weighted by Crippen LogP contribution is -2.31. The van der Waals surface area contributed by atoms with E-state index in [0.717, 1.165) is 22.5 Å². The minimum atomic E-state index is 0.509. The van der Waals surface area contributed by atoms with E-state index in [1.165, 1.54) is 31.2 Å². The second-order valence-corrected chi connectivity index (χ2v) is 6.72. The molecule has 2 rings (SSSR count). The maximum atomic E-state index is 6.41. The molecule has 1 aliphatic rings. The summed E-state index contributed by atoms with van der Waals surface area (Å²) in [6, 6.07) is 6.45. The van der Waals surface area contributed by atoms with Gasteiger partial charge >= 0.3 is 0 Å². The molecule has 0 saturated heterocycles. The van der Waals surface area contributed by atoms with Crippen molar-refractivity contribution < 1.29 is 0 Å². The van der Waals surface area contributed by atoms with Crippen LogP contribution in [0.2, 0.25) is 10.0 Å². The summed E-state index contributed by atoms with van der Waals surface area (Å²) in [6.07, 6.45) is 5.36. The van der Waals surface area contributed by atoms with E-state index in [9.17, 15) is 0 Å². The van der Waals surface area contributed by atoms with Gasteiger partial charge in [0.1, 0.15) is 0 Å². The highest BCUT2D eigenvalue weighted by Gasteiger charge is 2.27. The number of rotatable bonds is 5. The summed E-state index contributed by atoms with van der Waals surface area (Å²) < 4.78 is 0. The van der Waals surface area contributed by atoms with Crippen LogP contribution in [0.4, 0.5) is 0 Å². The smallest absolute Gasteiger partial charge is 0.0456 e. The SMILES string of the molecule is CC(C)NCC(c1ccc(Cl)cc1Cl)C1CCCC1. The van der Waals surface area contributed by atoms with Crippen molar-refractivity contribution in [3.8, 4) is 0 Å². The van der Waals surface area contributed by atoms with Gasteiger partial charge in [0.25, 0.3) is 0 Å². The first-order chi connectivity index (χ1) is 9.08. The van der Waals surface area contributed by atoms with Crippen LogP contribution >= 0.6 is 23.2 Å². The fraction of sp³-hybridized carbons (Fsp3) is 0.625. The Morgan fingerprint density at radius 2 is 1.89 bits per heavy atom. The maximum absolute atomic E-state index is 6.41. The van der Waals surface area contributed by atoms with Crippen molar-refractivity contribution in [1.29, 1.82) is 0 Å². The van der Waals surface area contributed by atoms with Gasteiger partial charge in [-0.3, -0.25) is 0 Å². The molecule has 3 heteroatoms. The van der Waals surface area contributed by atoms with Gasteiger partial charge in [-0.05, 0) is 36.5 Å². The third-order valence-electron chi connectivity index (χ3n) is 4.08. The van der Waals surface area contributed by atoms with Crippen LogP contribution in [0.1, 0.15) is 51.0 Å². The molecule has 1 unspecified atom stereocenters. The molecule has 1 N–H and O–H groups in total. The van der Waals surface area contributed by atoms with Crippen molar-refractivity contribution in [3.63, 3.8) is 0 Å². The molecule has 1 fully saturated rings. The van der Waals surface area contributed by atoms with Crippen molar-refractivity contribution in [2.75, 3.05) is 6.54 Å². The number of nitrogens with one attached hydrogen (secondary N) is 1.